The second kappa shape index (κ2) is 6.22. The standard InChI is InChI=1S/C19H17N3O6/c1-19-10-15(14-9-13(22(25)26)7-8-16(14)28-19)20-18(24)21(19)12-5-3-11(4-6-12)17(23)27-2/h3-9,15H,10H2,1-2H3,(H,20,24)/t15-,19+/m1/s1. The quantitative estimate of drug-likeness (QED) is 0.495. The summed E-state index contributed by atoms with van der Waals surface area (Å²) in [5.74, 6) is 0.0193. The smallest absolute Gasteiger partial charge is 0.337 e. The number of carbonyl (C=O) groups excluding carboxylic acids is 2. The molecule has 1 saturated heterocycles. The van der Waals surface area contributed by atoms with Crippen LogP contribution in [-0.2, 0) is 4.74 Å². The van der Waals surface area contributed by atoms with Crippen LogP contribution in [0, 0.1) is 10.1 Å². The highest BCUT2D eigenvalue weighted by molar-refractivity contribution is 5.96. The van der Waals surface area contributed by atoms with Crippen molar-refractivity contribution in [2.45, 2.75) is 25.1 Å². The van der Waals surface area contributed by atoms with Gasteiger partial charge in [0.1, 0.15) is 5.75 Å². The molecule has 2 aliphatic rings. The van der Waals surface area contributed by atoms with Crippen molar-refractivity contribution in [1.29, 1.82) is 0 Å². The highest BCUT2D eigenvalue weighted by Gasteiger charge is 2.50. The van der Waals surface area contributed by atoms with Gasteiger partial charge in [-0.15, -0.1) is 0 Å². The Balaban J connectivity index is 1.71. The first-order valence-electron chi connectivity index (χ1n) is 8.59. The van der Waals surface area contributed by atoms with Crippen LogP contribution in [0.5, 0.6) is 5.75 Å². The maximum atomic E-state index is 12.8. The van der Waals surface area contributed by atoms with E-state index in [1.165, 1.54) is 24.1 Å². The summed E-state index contributed by atoms with van der Waals surface area (Å²) in [6, 6.07) is 10.0. The van der Waals surface area contributed by atoms with Gasteiger partial charge in [-0.05, 0) is 37.3 Å². The first kappa shape index (κ1) is 17.8. The molecule has 144 valence electrons. The molecule has 2 atom stereocenters. The van der Waals surface area contributed by atoms with Crippen LogP contribution in [0.2, 0.25) is 0 Å². The van der Waals surface area contributed by atoms with Crippen LogP contribution in [-0.4, -0.2) is 29.8 Å². The Labute approximate surface area is 160 Å². The number of nitrogens with one attached hydrogen (secondary N) is 1. The minimum Gasteiger partial charge on any atom is -0.467 e. The monoisotopic (exact) mass is 383 g/mol. The number of fused-ring (bicyclic) bond motifs is 4. The van der Waals surface area contributed by atoms with Crippen molar-refractivity contribution >= 4 is 23.4 Å². The Morgan fingerprint density at radius 3 is 2.68 bits per heavy atom. The molecule has 2 aromatic rings. The molecule has 2 aromatic carbocycles. The second-order valence-electron chi connectivity index (χ2n) is 6.84. The number of hydrogen-bond donors (Lipinski definition) is 1. The molecule has 1 fully saturated rings. The molecule has 2 amide bonds. The molecule has 0 unspecified atom stereocenters. The summed E-state index contributed by atoms with van der Waals surface area (Å²) in [7, 11) is 1.30. The lowest BCUT2D eigenvalue weighted by Gasteiger charge is -2.50. The van der Waals surface area contributed by atoms with Gasteiger partial charge >= 0.3 is 12.0 Å². The Kier molecular flexibility index (Phi) is 3.95. The number of benzene rings is 2. The van der Waals surface area contributed by atoms with E-state index in [9.17, 15) is 19.7 Å². The largest absolute Gasteiger partial charge is 0.467 e. The molecule has 0 radical (unpaired) electrons. The molecule has 4 rings (SSSR count). The topological polar surface area (TPSA) is 111 Å². The number of ether oxygens (including phenoxy) is 2. The normalized spacial score (nSPS) is 22.6. The van der Waals surface area contributed by atoms with Gasteiger partial charge in [0.05, 0.1) is 23.6 Å². The fourth-order valence-corrected chi connectivity index (χ4v) is 3.73. The zero-order valence-corrected chi connectivity index (χ0v) is 15.2. The molecule has 0 aromatic heterocycles. The van der Waals surface area contributed by atoms with Gasteiger partial charge in [-0.1, -0.05) is 0 Å². The van der Waals surface area contributed by atoms with Gasteiger partial charge in [-0.3, -0.25) is 15.0 Å². The zero-order valence-electron chi connectivity index (χ0n) is 15.2. The van der Waals surface area contributed by atoms with Crippen LogP contribution in [0.3, 0.4) is 0 Å². The first-order valence-corrected chi connectivity index (χ1v) is 8.59. The number of methoxy groups -OCH3 is 1. The second-order valence-corrected chi connectivity index (χ2v) is 6.84. The number of rotatable bonds is 3. The summed E-state index contributed by atoms with van der Waals surface area (Å²) in [6.07, 6.45) is 0.408. The van der Waals surface area contributed by atoms with Crippen LogP contribution in [0.25, 0.3) is 0 Å². The lowest BCUT2D eigenvalue weighted by atomic mass is 9.90. The summed E-state index contributed by atoms with van der Waals surface area (Å²) < 4.78 is 10.8. The minimum atomic E-state index is -0.983. The van der Waals surface area contributed by atoms with Gasteiger partial charge in [-0.25, -0.2) is 9.59 Å². The summed E-state index contributed by atoms with van der Waals surface area (Å²) in [5, 5.41) is 13.9. The van der Waals surface area contributed by atoms with E-state index in [1.807, 2.05) is 0 Å². The van der Waals surface area contributed by atoms with Crippen molar-refractivity contribution in [1.82, 2.24) is 5.32 Å². The summed E-state index contributed by atoms with van der Waals surface area (Å²) in [4.78, 5) is 36.5. The number of nitrogens with zero attached hydrogens (tertiary/aromatic N) is 2. The van der Waals surface area contributed by atoms with Crippen molar-refractivity contribution in [3.05, 3.63) is 63.7 Å². The van der Waals surface area contributed by atoms with Crippen LogP contribution in [0.15, 0.2) is 42.5 Å². The zero-order chi connectivity index (χ0) is 20.1. The Morgan fingerprint density at radius 1 is 1.32 bits per heavy atom. The van der Waals surface area contributed by atoms with Gasteiger partial charge in [0.2, 0.25) is 0 Å². The van der Waals surface area contributed by atoms with Gasteiger partial charge in [0, 0.05) is 29.8 Å². The lowest BCUT2D eigenvalue weighted by Crippen LogP contribution is -2.65. The van der Waals surface area contributed by atoms with E-state index >= 15 is 0 Å². The minimum absolute atomic E-state index is 0.0546. The van der Waals surface area contributed by atoms with E-state index in [2.05, 4.69) is 10.1 Å². The number of non-ortho nitro benzene ring substituents is 1. The third kappa shape index (κ3) is 2.72. The molecule has 9 nitrogen and oxygen atoms in total. The van der Waals surface area contributed by atoms with Crippen LogP contribution < -0.4 is 15.0 Å². The number of hydrogen-bond acceptors (Lipinski definition) is 6. The van der Waals surface area contributed by atoms with Crippen molar-refractivity contribution in [2.24, 2.45) is 0 Å². The molecule has 0 spiro atoms. The molecule has 28 heavy (non-hydrogen) atoms. The fourth-order valence-electron chi connectivity index (χ4n) is 3.73. The Bertz CT molecular complexity index is 990. The molecule has 1 N–H and O–H groups in total. The average molecular weight is 383 g/mol. The third-order valence-corrected chi connectivity index (χ3v) is 5.01. The van der Waals surface area contributed by atoms with E-state index in [1.54, 1.807) is 37.3 Å². The van der Waals surface area contributed by atoms with Crippen LogP contribution >= 0.6 is 0 Å². The molecular weight excluding hydrogens is 366 g/mol. The Hall–Kier alpha value is -3.62. The SMILES string of the molecule is COC(=O)c1ccc(N2C(=O)N[C@@H]3C[C@]2(C)Oc2ccc([N+](=O)[O-])cc23)cc1. The predicted octanol–water partition coefficient (Wildman–Crippen LogP) is 3.15. The van der Waals surface area contributed by atoms with Gasteiger partial charge < -0.3 is 14.8 Å². The highest BCUT2D eigenvalue weighted by atomic mass is 16.6. The Morgan fingerprint density at radius 2 is 2.04 bits per heavy atom. The molecule has 2 aliphatic heterocycles. The van der Waals surface area contributed by atoms with Crippen LogP contribution in [0.4, 0.5) is 16.2 Å². The maximum absolute atomic E-state index is 12.8. The van der Waals surface area contributed by atoms with Gasteiger partial charge in [-0.2, -0.15) is 0 Å². The van der Waals surface area contributed by atoms with E-state index in [-0.39, 0.29) is 11.7 Å². The number of anilines is 1. The molecule has 2 heterocycles. The summed E-state index contributed by atoms with van der Waals surface area (Å²) >= 11 is 0. The summed E-state index contributed by atoms with van der Waals surface area (Å²) in [6.45, 7) is 1.79. The van der Waals surface area contributed by atoms with Crippen molar-refractivity contribution in [3.63, 3.8) is 0 Å². The maximum Gasteiger partial charge on any atom is 0.337 e. The van der Waals surface area contributed by atoms with Crippen molar-refractivity contribution in [3.8, 4) is 5.75 Å². The van der Waals surface area contributed by atoms with E-state index in [0.29, 0.717) is 29.0 Å². The number of nitro groups is 1. The number of urea groups is 1. The highest BCUT2D eigenvalue weighted by Crippen LogP contribution is 2.46. The number of esters is 1. The molecule has 2 bridgehead atoms. The third-order valence-electron chi connectivity index (χ3n) is 5.01. The molecule has 0 saturated carbocycles. The van der Waals surface area contributed by atoms with E-state index in [0.717, 1.165) is 0 Å². The van der Waals surface area contributed by atoms with Crippen molar-refractivity contribution in [2.75, 3.05) is 12.0 Å². The predicted molar refractivity (Wildman–Crippen MR) is 98.3 cm³/mol. The fraction of sp³-hybridized carbons (Fsp3) is 0.263. The summed E-state index contributed by atoms with van der Waals surface area (Å²) in [5.41, 5.74) is 0.468. The van der Waals surface area contributed by atoms with E-state index < -0.39 is 22.7 Å². The van der Waals surface area contributed by atoms with Gasteiger partial charge in [0.15, 0.2) is 5.72 Å². The molecular formula is C19H17N3O6. The average Bonchev–Trinajstić information content (AvgIpc) is 2.66. The van der Waals surface area contributed by atoms with E-state index in [4.69, 9.17) is 4.74 Å². The van der Waals surface area contributed by atoms with Crippen LogP contribution in [0.1, 0.15) is 35.3 Å². The molecule has 0 aliphatic carbocycles. The number of carbonyl (C=O) groups is 2. The first-order chi connectivity index (χ1) is 13.3. The lowest BCUT2D eigenvalue weighted by molar-refractivity contribution is -0.385. The number of amides is 2. The van der Waals surface area contributed by atoms with Crippen molar-refractivity contribution < 1.29 is 24.0 Å². The number of nitro benzene ring substituents is 1. The molecule has 9 heteroatoms. The van der Waals surface area contributed by atoms with Gasteiger partial charge in [0.25, 0.3) is 5.69 Å².